The van der Waals surface area contributed by atoms with Gasteiger partial charge in [-0.15, -0.1) is 0 Å². The molecule has 22 heavy (non-hydrogen) atoms. The third-order valence-corrected chi connectivity index (χ3v) is 4.05. The van der Waals surface area contributed by atoms with E-state index in [1.165, 1.54) is 11.1 Å². The summed E-state index contributed by atoms with van der Waals surface area (Å²) in [4.78, 5) is 4.80. The minimum atomic E-state index is 0.716. The summed E-state index contributed by atoms with van der Waals surface area (Å²) in [7, 11) is 3.28. The number of fused-ring (bicyclic) bond motifs is 3. The second-order valence-corrected chi connectivity index (χ2v) is 5.30. The van der Waals surface area contributed by atoms with Crippen molar-refractivity contribution in [2.24, 2.45) is 0 Å². The highest BCUT2D eigenvalue weighted by Gasteiger charge is 2.21. The molecule has 0 saturated heterocycles. The first-order valence-corrected chi connectivity index (χ1v) is 7.18. The predicted molar refractivity (Wildman–Crippen MR) is 85.3 cm³/mol. The largest absolute Gasteiger partial charge is 0.493 e. The third-order valence-electron chi connectivity index (χ3n) is 4.05. The summed E-state index contributed by atoms with van der Waals surface area (Å²) >= 11 is 0. The first-order chi connectivity index (χ1) is 10.8. The average molecular weight is 292 g/mol. The Morgan fingerprint density at radius 3 is 2.64 bits per heavy atom. The van der Waals surface area contributed by atoms with Crippen LogP contribution in [0.2, 0.25) is 0 Å². The maximum absolute atomic E-state index is 5.37. The van der Waals surface area contributed by atoms with Gasteiger partial charge in [-0.05, 0) is 23.8 Å². The van der Waals surface area contributed by atoms with Gasteiger partial charge >= 0.3 is 0 Å². The minimum absolute atomic E-state index is 0.716. The van der Waals surface area contributed by atoms with E-state index in [2.05, 4.69) is 35.0 Å². The fourth-order valence-electron chi connectivity index (χ4n) is 2.95. The van der Waals surface area contributed by atoms with E-state index in [1.807, 2.05) is 18.2 Å². The molecule has 0 amide bonds. The quantitative estimate of drug-likeness (QED) is 0.579. The molecule has 0 fully saturated rings. The second kappa shape index (κ2) is 4.91. The van der Waals surface area contributed by atoms with Gasteiger partial charge in [0.15, 0.2) is 11.5 Å². The summed E-state index contributed by atoms with van der Waals surface area (Å²) in [6.45, 7) is 0.881. The molecule has 1 aliphatic rings. The highest BCUT2D eigenvalue weighted by Crippen LogP contribution is 2.36. The van der Waals surface area contributed by atoms with Crippen LogP contribution < -0.4 is 9.47 Å². The zero-order valence-corrected chi connectivity index (χ0v) is 12.5. The summed E-state index contributed by atoms with van der Waals surface area (Å²) in [6, 6.07) is 14.3. The summed E-state index contributed by atoms with van der Waals surface area (Å²) < 4.78 is 12.8. The SMILES string of the molecule is COc1ccc(-c2cn3c(n2)-c2ccccc2C3)cc1OC. The summed E-state index contributed by atoms with van der Waals surface area (Å²) in [5.74, 6) is 2.47. The third kappa shape index (κ3) is 1.88. The lowest BCUT2D eigenvalue weighted by atomic mass is 10.1. The van der Waals surface area contributed by atoms with E-state index in [1.54, 1.807) is 14.2 Å². The number of rotatable bonds is 3. The van der Waals surface area contributed by atoms with Gasteiger partial charge in [0.25, 0.3) is 0 Å². The molecule has 0 unspecified atom stereocenters. The molecule has 4 heteroatoms. The average Bonchev–Trinajstić information content (AvgIpc) is 3.12. The Bertz CT molecular complexity index is 852. The standard InChI is InChI=1S/C18H16N2O2/c1-21-16-8-7-12(9-17(16)22-2)15-11-20-10-13-5-3-4-6-14(13)18(20)19-15/h3-9,11H,10H2,1-2H3. The number of imidazole rings is 1. The summed E-state index contributed by atoms with van der Waals surface area (Å²) in [6.07, 6.45) is 2.09. The van der Waals surface area contributed by atoms with E-state index in [0.29, 0.717) is 5.75 Å². The summed E-state index contributed by atoms with van der Waals surface area (Å²) in [5.41, 5.74) is 4.51. The van der Waals surface area contributed by atoms with Gasteiger partial charge in [0.05, 0.1) is 19.9 Å². The molecule has 4 nitrogen and oxygen atoms in total. The molecule has 1 aromatic heterocycles. The molecule has 1 aliphatic heterocycles. The number of nitrogens with zero attached hydrogens (tertiary/aromatic N) is 2. The predicted octanol–water partition coefficient (Wildman–Crippen LogP) is 3.60. The molecular weight excluding hydrogens is 276 g/mol. The molecule has 0 radical (unpaired) electrons. The van der Waals surface area contributed by atoms with Crippen molar-refractivity contribution in [1.82, 2.24) is 9.55 Å². The maximum atomic E-state index is 5.37. The molecule has 2 heterocycles. The molecular formula is C18H16N2O2. The van der Waals surface area contributed by atoms with Crippen LogP contribution in [-0.4, -0.2) is 23.8 Å². The van der Waals surface area contributed by atoms with Gasteiger partial charge in [-0.3, -0.25) is 0 Å². The molecule has 0 N–H and O–H groups in total. The first kappa shape index (κ1) is 13.0. The number of hydrogen-bond acceptors (Lipinski definition) is 3. The van der Waals surface area contributed by atoms with E-state index in [0.717, 1.165) is 29.4 Å². The maximum Gasteiger partial charge on any atom is 0.161 e. The number of benzene rings is 2. The van der Waals surface area contributed by atoms with Crippen LogP contribution in [0.4, 0.5) is 0 Å². The van der Waals surface area contributed by atoms with Crippen molar-refractivity contribution >= 4 is 0 Å². The Balaban J connectivity index is 1.78. The van der Waals surface area contributed by atoms with Crippen molar-refractivity contribution in [2.45, 2.75) is 6.54 Å². The molecule has 0 spiro atoms. The lowest BCUT2D eigenvalue weighted by Gasteiger charge is -2.08. The van der Waals surface area contributed by atoms with Gasteiger partial charge in [-0.2, -0.15) is 0 Å². The Labute approximate surface area is 129 Å². The number of methoxy groups -OCH3 is 2. The smallest absolute Gasteiger partial charge is 0.161 e. The molecule has 4 rings (SSSR count). The summed E-state index contributed by atoms with van der Waals surface area (Å²) in [5, 5.41) is 0. The normalized spacial score (nSPS) is 11.9. The van der Waals surface area contributed by atoms with Gasteiger partial charge in [0, 0.05) is 23.9 Å². The van der Waals surface area contributed by atoms with Crippen molar-refractivity contribution in [3.8, 4) is 34.1 Å². The Hall–Kier alpha value is -2.75. The fourth-order valence-corrected chi connectivity index (χ4v) is 2.95. The minimum Gasteiger partial charge on any atom is -0.493 e. The van der Waals surface area contributed by atoms with E-state index < -0.39 is 0 Å². The number of aromatic nitrogens is 2. The zero-order chi connectivity index (χ0) is 15.1. The van der Waals surface area contributed by atoms with Crippen molar-refractivity contribution in [1.29, 1.82) is 0 Å². The van der Waals surface area contributed by atoms with Gasteiger partial charge in [-0.25, -0.2) is 4.98 Å². The highest BCUT2D eigenvalue weighted by molar-refractivity contribution is 5.71. The van der Waals surface area contributed by atoms with Gasteiger partial charge < -0.3 is 14.0 Å². The van der Waals surface area contributed by atoms with Crippen LogP contribution >= 0.6 is 0 Å². The van der Waals surface area contributed by atoms with E-state index in [-0.39, 0.29) is 0 Å². The Morgan fingerprint density at radius 1 is 1.00 bits per heavy atom. The van der Waals surface area contributed by atoms with Crippen LogP contribution in [-0.2, 0) is 6.54 Å². The molecule has 0 atom stereocenters. The van der Waals surface area contributed by atoms with Crippen LogP contribution in [0.5, 0.6) is 11.5 Å². The van der Waals surface area contributed by atoms with Gasteiger partial charge in [0.2, 0.25) is 0 Å². The van der Waals surface area contributed by atoms with Gasteiger partial charge in [-0.1, -0.05) is 24.3 Å². The van der Waals surface area contributed by atoms with Crippen molar-refractivity contribution in [3.63, 3.8) is 0 Å². The lowest BCUT2D eigenvalue weighted by Crippen LogP contribution is -1.91. The Morgan fingerprint density at radius 2 is 1.82 bits per heavy atom. The Kier molecular flexibility index (Phi) is 2.89. The number of hydrogen-bond donors (Lipinski definition) is 0. The van der Waals surface area contributed by atoms with Crippen LogP contribution in [0.1, 0.15) is 5.56 Å². The molecule has 0 saturated carbocycles. The van der Waals surface area contributed by atoms with Crippen molar-refractivity contribution in [3.05, 3.63) is 54.2 Å². The molecule has 110 valence electrons. The molecule has 2 aromatic carbocycles. The van der Waals surface area contributed by atoms with E-state index >= 15 is 0 Å². The van der Waals surface area contributed by atoms with Crippen molar-refractivity contribution < 1.29 is 9.47 Å². The van der Waals surface area contributed by atoms with Crippen LogP contribution in [0, 0.1) is 0 Å². The second-order valence-electron chi connectivity index (χ2n) is 5.30. The fraction of sp³-hybridized carbons (Fsp3) is 0.167. The first-order valence-electron chi connectivity index (χ1n) is 7.18. The van der Waals surface area contributed by atoms with E-state index in [9.17, 15) is 0 Å². The van der Waals surface area contributed by atoms with Crippen LogP contribution in [0.25, 0.3) is 22.6 Å². The molecule has 0 aliphatic carbocycles. The lowest BCUT2D eigenvalue weighted by molar-refractivity contribution is 0.355. The highest BCUT2D eigenvalue weighted by atomic mass is 16.5. The molecule has 3 aromatic rings. The van der Waals surface area contributed by atoms with Crippen LogP contribution in [0.15, 0.2) is 48.7 Å². The van der Waals surface area contributed by atoms with Crippen LogP contribution in [0.3, 0.4) is 0 Å². The van der Waals surface area contributed by atoms with E-state index in [4.69, 9.17) is 14.5 Å². The molecule has 0 bridgehead atoms. The topological polar surface area (TPSA) is 36.3 Å². The monoisotopic (exact) mass is 292 g/mol. The van der Waals surface area contributed by atoms with Crippen molar-refractivity contribution in [2.75, 3.05) is 14.2 Å². The number of ether oxygens (including phenoxy) is 2. The zero-order valence-electron chi connectivity index (χ0n) is 12.5. The van der Waals surface area contributed by atoms with Gasteiger partial charge in [0.1, 0.15) is 5.82 Å².